The minimum atomic E-state index is -0.936. The molecule has 0 radical (unpaired) electrons. The van der Waals surface area contributed by atoms with Crippen molar-refractivity contribution in [1.29, 1.82) is 0 Å². The summed E-state index contributed by atoms with van der Waals surface area (Å²) in [7, 11) is 3.11. The first-order valence-corrected chi connectivity index (χ1v) is 5.13. The second kappa shape index (κ2) is 5.14. The fourth-order valence-corrected chi connectivity index (χ4v) is 1.72. The van der Waals surface area contributed by atoms with Crippen LogP contribution in [-0.2, 0) is 4.79 Å². The molecule has 0 spiro atoms. The first-order valence-electron chi connectivity index (χ1n) is 4.33. The standard InChI is InChI=1S/C10H12BrNO3/c1-12-9(10(13)14)7-5-6(11)3-4-8(7)15-2/h3-5,9,12H,1-2H3,(H,13,14)/t9-/m1/s1. The van der Waals surface area contributed by atoms with Crippen LogP contribution in [0.1, 0.15) is 11.6 Å². The Labute approximate surface area is 96.4 Å². The van der Waals surface area contributed by atoms with Gasteiger partial charge in [-0.05, 0) is 25.2 Å². The van der Waals surface area contributed by atoms with Crippen LogP contribution in [-0.4, -0.2) is 25.2 Å². The molecular formula is C10H12BrNO3. The molecule has 0 unspecified atom stereocenters. The summed E-state index contributed by atoms with van der Waals surface area (Å²) < 4.78 is 5.93. The Balaban J connectivity index is 3.19. The van der Waals surface area contributed by atoms with E-state index in [0.717, 1.165) is 4.47 Å². The lowest BCUT2D eigenvalue weighted by Crippen LogP contribution is -2.25. The highest BCUT2D eigenvalue weighted by Crippen LogP contribution is 2.28. The van der Waals surface area contributed by atoms with E-state index in [0.29, 0.717) is 11.3 Å². The Morgan fingerprint density at radius 3 is 2.73 bits per heavy atom. The summed E-state index contributed by atoms with van der Waals surface area (Å²) in [6.45, 7) is 0. The van der Waals surface area contributed by atoms with E-state index in [9.17, 15) is 4.79 Å². The number of nitrogens with one attached hydrogen (secondary N) is 1. The Kier molecular flexibility index (Phi) is 4.11. The Morgan fingerprint density at radius 1 is 1.60 bits per heavy atom. The van der Waals surface area contributed by atoms with Gasteiger partial charge in [-0.1, -0.05) is 15.9 Å². The summed E-state index contributed by atoms with van der Waals surface area (Å²) in [5, 5.41) is 11.7. The Bertz CT molecular complexity index is 368. The number of carboxylic acids is 1. The van der Waals surface area contributed by atoms with Gasteiger partial charge >= 0.3 is 5.97 Å². The number of halogens is 1. The highest BCUT2D eigenvalue weighted by Gasteiger charge is 2.21. The highest BCUT2D eigenvalue weighted by molar-refractivity contribution is 9.10. The number of carboxylic acid groups (broad SMARTS) is 1. The molecule has 1 aromatic carbocycles. The second-order valence-corrected chi connectivity index (χ2v) is 3.86. The van der Waals surface area contributed by atoms with Gasteiger partial charge in [-0.25, -0.2) is 0 Å². The molecule has 1 atom stereocenters. The van der Waals surface area contributed by atoms with Gasteiger partial charge in [-0.2, -0.15) is 0 Å². The third kappa shape index (κ3) is 2.70. The molecule has 0 aliphatic rings. The van der Waals surface area contributed by atoms with Crippen molar-refractivity contribution in [1.82, 2.24) is 5.32 Å². The molecule has 0 amide bonds. The molecule has 5 heteroatoms. The van der Waals surface area contributed by atoms with Gasteiger partial charge < -0.3 is 15.2 Å². The summed E-state index contributed by atoms with van der Waals surface area (Å²) in [4.78, 5) is 11.0. The van der Waals surface area contributed by atoms with E-state index >= 15 is 0 Å². The van der Waals surface area contributed by atoms with Crippen LogP contribution in [0.5, 0.6) is 5.75 Å². The van der Waals surface area contributed by atoms with Crippen molar-refractivity contribution in [2.24, 2.45) is 0 Å². The SMILES string of the molecule is CN[C@@H](C(=O)O)c1cc(Br)ccc1OC. The fourth-order valence-electron chi connectivity index (χ4n) is 1.34. The summed E-state index contributed by atoms with van der Waals surface area (Å²) >= 11 is 3.30. The molecule has 0 aliphatic carbocycles. The van der Waals surface area contributed by atoms with Crippen molar-refractivity contribution in [2.45, 2.75) is 6.04 Å². The molecule has 1 aromatic rings. The number of aliphatic carboxylic acids is 1. The predicted octanol–water partition coefficient (Wildman–Crippen LogP) is 1.80. The summed E-state index contributed by atoms with van der Waals surface area (Å²) in [6, 6.07) is 4.50. The van der Waals surface area contributed by atoms with Crippen molar-refractivity contribution in [3.63, 3.8) is 0 Å². The number of hydrogen-bond acceptors (Lipinski definition) is 3. The van der Waals surface area contributed by atoms with Crippen LogP contribution in [0.2, 0.25) is 0 Å². The average Bonchev–Trinajstić information content (AvgIpc) is 2.18. The number of methoxy groups -OCH3 is 1. The van der Waals surface area contributed by atoms with Crippen molar-refractivity contribution in [3.8, 4) is 5.75 Å². The molecule has 82 valence electrons. The quantitative estimate of drug-likeness (QED) is 0.879. The third-order valence-electron chi connectivity index (χ3n) is 2.04. The lowest BCUT2D eigenvalue weighted by atomic mass is 10.1. The van der Waals surface area contributed by atoms with Crippen LogP contribution in [0.15, 0.2) is 22.7 Å². The van der Waals surface area contributed by atoms with Gasteiger partial charge in [0.15, 0.2) is 0 Å². The minimum absolute atomic E-state index is 0.556. The largest absolute Gasteiger partial charge is 0.496 e. The smallest absolute Gasteiger partial charge is 0.325 e. The first-order chi connectivity index (χ1) is 7.10. The van der Waals surface area contributed by atoms with Gasteiger partial charge in [0, 0.05) is 10.0 Å². The molecule has 2 N–H and O–H groups in total. The number of likely N-dealkylation sites (N-methyl/N-ethyl adjacent to an activating group) is 1. The highest BCUT2D eigenvalue weighted by atomic mass is 79.9. The fraction of sp³-hybridized carbons (Fsp3) is 0.300. The minimum Gasteiger partial charge on any atom is -0.496 e. The van der Waals surface area contributed by atoms with E-state index in [1.54, 1.807) is 25.2 Å². The molecule has 0 aliphatic heterocycles. The molecule has 0 saturated heterocycles. The maximum absolute atomic E-state index is 11.0. The topological polar surface area (TPSA) is 58.6 Å². The monoisotopic (exact) mass is 273 g/mol. The molecule has 0 saturated carbocycles. The van der Waals surface area contributed by atoms with Crippen molar-refractivity contribution in [3.05, 3.63) is 28.2 Å². The number of carbonyl (C=O) groups is 1. The Morgan fingerprint density at radius 2 is 2.27 bits per heavy atom. The first kappa shape index (κ1) is 12.0. The molecule has 0 aromatic heterocycles. The normalized spacial score (nSPS) is 12.2. The molecule has 1 rings (SSSR count). The van der Waals surface area contributed by atoms with Crippen LogP contribution in [0, 0.1) is 0 Å². The number of benzene rings is 1. The number of ether oxygens (including phenoxy) is 1. The molecular weight excluding hydrogens is 262 g/mol. The van der Waals surface area contributed by atoms with Crippen LogP contribution < -0.4 is 10.1 Å². The average molecular weight is 274 g/mol. The third-order valence-corrected chi connectivity index (χ3v) is 2.53. The van der Waals surface area contributed by atoms with Gasteiger partial charge in [0.1, 0.15) is 11.8 Å². The lowest BCUT2D eigenvalue weighted by molar-refractivity contribution is -0.139. The van der Waals surface area contributed by atoms with Crippen molar-refractivity contribution < 1.29 is 14.6 Å². The zero-order valence-corrected chi connectivity index (χ0v) is 10.0. The van der Waals surface area contributed by atoms with E-state index < -0.39 is 12.0 Å². The van der Waals surface area contributed by atoms with Crippen LogP contribution >= 0.6 is 15.9 Å². The zero-order valence-electron chi connectivity index (χ0n) is 8.45. The van der Waals surface area contributed by atoms with Crippen LogP contribution in [0.25, 0.3) is 0 Å². The molecule has 15 heavy (non-hydrogen) atoms. The van der Waals surface area contributed by atoms with Crippen molar-refractivity contribution >= 4 is 21.9 Å². The lowest BCUT2D eigenvalue weighted by Gasteiger charge is -2.15. The molecule has 4 nitrogen and oxygen atoms in total. The van der Waals surface area contributed by atoms with E-state index in [2.05, 4.69) is 21.2 Å². The predicted molar refractivity (Wildman–Crippen MR) is 60.1 cm³/mol. The van der Waals surface area contributed by atoms with Crippen LogP contribution in [0.4, 0.5) is 0 Å². The van der Waals surface area contributed by atoms with E-state index in [1.807, 2.05) is 0 Å². The van der Waals surface area contributed by atoms with E-state index in [1.165, 1.54) is 7.11 Å². The summed E-state index contributed by atoms with van der Waals surface area (Å²) in [5.41, 5.74) is 0.599. The van der Waals surface area contributed by atoms with Gasteiger partial charge in [-0.3, -0.25) is 4.79 Å². The summed E-state index contributed by atoms with van der Waals surface area (Å²) in [6.07, 6.45) is 0. The van der Waals surface area contributed by atoms with Gasteiger partial charge in [0.05, 0.1) is 7.11 Å². The zero-order chi connectivity index (χ0) is 11.4. The molecule has 0 fully saturated rings. The van der Waals surface area contributed by atoms with E-state index in [-0.39, 0.29) is 0 Å². The number of rotatable bonds is 4. The maximum Gasteiger partial charge on any atom is 0.325 e. The summed E-state index contributed by atoms with van der Waals surface area (Å²) in [5.74, 6) is -0.381. The van der Waals surface area contributed by atoms with E-state index in [4.69, 9.17) is 9.84 Å². The molecule has 0 heterocycles. The Hall–Kier alpha value is -1.07. The second-order valence-electron chi connectivity index (χ2n) is 2.95. The maximum atomic E-state index is 11.0. The van der Waals surface area contributed by atoms with Crippen LogP contribution in [0.3, 0.4) is 0 Å². The molecule has 0 bridgehead atoms. The van der Waals surface area contributed by atoms with Gasteiger partial charge in [-0.15, -0.1) is 0 Å². The van der Waals surface area contributed by atoms with Gasteiger partial charge in [0.25, 0.3) is 0 Å². The number of hydrogen-bond donors (Lipinski definition) is 2. The van der Waals surface area contributed by atoms with Crippen molar-refractivity contribution in [2.75, 3.05) is 14.2 Å². The van der Waals surface area contributed by atoms with Gasteiger partial charge in [0.2, 0.25) is 0 Å².